The van der Waals surface area contributed by atoms with Crippen molar-refractivity contribution in [3.8, 4) is 11.5 Å². The van der Waals surface area contributed by atoms with Gasteiger partial charge in [-0.3, -0.25) is 29.0 Å². The molecule has 4 aromatic rings. The van der Waals surface area contributed by atoms with Crippen molar-refractivity contribution in [2.75, 3.05) is 32.7 Å². The van der Waals surface area contributed by atoms with E-state index in [1.165, 1.54) is 51.4 Å². The number of carbonyl (C=O) groups is 4. The SMILES string of the molecule is CC(C)(C)OC(=O)CCC(=O)O.CCCN(CCc1cccs1)[C@H]1CCc2c(O)cccc2C1.CCCN(CCc1cccs1)[C@H]1CCc2c(cccc2OC(=O)CN)C1.Cl.O=CC(F)(F)F. The van der Waals surface area contributed by atoms with E-state index in [-0.39, 0.29) is 37.8 Å². The Balaban J connectivity index is 0.000000340. The van der Waals surface area contributed by atoms with Crippen LogP contribution in [-0.2, 0) is 62.4 Å². The third kappa shape index (κ3) is 22.6. The fourth-order valence-corrected chi connectivity index (χ4v) is 9.35. The lowest BCUT2D eigenvalue weighted by molar-refractivity contribution is -0.157. The third-order valence-corrected chi connectivity index (χ3v) is 12.7. The number of benzene rings is 2. The lowest BCUT2D eigenvalue weighted by Crippen LogP contribution is -2.41. The van der Waals surface area contributed by atoms with E-state index < -0.39 is 30.0 Å². The number of phenols is 1. The van der Waals surface area contributed by atoms with Gasteiger partial charge in [0.2, 0.25) is 6.29 Å². The van der Waals surface area contributed by atoms with E-state index in [1.54, 1.807) is 20.8 Å². The number of rotatable bonds is 17. The van der Waals surface area contributed by atoms with Gasteiger partial charge in [-0.05, 0) is 155 Å². The van der Waals surface area contributed by atoms with E-state index in [4.69, 9.17) is 25.1 Å². The Hall–Kier alpha value is -4.32. The van der Waals surface area contributed by atoms with Crippen LogP contribution in [0, 0.1) is 0 Å². The Morgan fingerprint density at radius 3 is 1.69 bits per heavy atom. The maximum atomic E-state index is 11.6. The third-order valence-electron chi connectivity index (χ3n) is 10.8. The fourth-order valence-electron chi connectivity index (χ4n) is 7.95. The minimum Gasteiger partial charge on any atom is -0.508 e. The minimum atomic E-state index is -4.64. The highest BCUT2D eigenvalue weighted by atomic mass is 35.5. The van der Waals surface area contributed by atoms with Crippen LogP contribution in [0.5, 0.6) is 11.5 Å². The molecule has 0 spiro atoms. The zero-order chi connectivity index (χ0) is 48.7. The second-order valence-corrected chi connectivity index (χ2v) is 19.2. The Labute approximate surface area is 408 Å². The summed E-state index contributed by atoms with van der Waals surface area (Å²) >= 11 is 3.70. The quantitative estimate of drug-likeness (QED) is 0.0525. The number of aldehydes is 1. The van der Waals surface area contributed by atoms with Gasteiger partial charge in [-0.15, -0.1) is 35.1 Å². The van der Waals surface area contributed by atoms with Gasteiger partial charge in [0.05, 0.1) is 19.4 Å². The van der Waals surface area contributed by atoms with Crippen molar-refractivity contribution in [2.24, 2.45) is 5.73 Å². The molecule has 67 heavy (non-hydrogen) atoms. The Kier molecular flexibility index (Phi) is 26.5. The molecular formula is C50H69ClF3N3O8S2. The summed E-state index contributed by atoms with van der Waals surface area (Å²) in [6.07, 6.45) is 5.03. The summed E-state index contributed by atoms with van der Waals surface area (Å²) in [5.74, 6) is -0.650. The van der Waals surface area contributed by atoms with E-state index in [0.717, 1.165) is 71.0 Å². The van der Waals surface area contributed by atoms with Crippen LogP contribution >= 0.6 is 35.1 Å². The van der Waals surface area contributed by atoms with E-state index in [9.17, 15) is 32.7 Å². The summed E-state index contributed by atoms with van der Waals surface area (Å²) in [7, 11) is 0. The van der Waals surface area contributed by atoms with Gasteiger partial charge in [0.15, 0.2) is 0 Å². The predicted molar refractivity (Wildman–Crippen MR) is 263 cm³/mol. The van der Waals surface area contributed by atoms with Gasteiger partial charge in [0, 0.05) is 34.9 Å². The van der Waals surface area contributed by atoms with Crippen LogP contribution in [0.3, 0.4) is 0 Å². The van der Waals surface area contributed by atoms with Crippen LogP contribution in [0.2, 0.25) is 0 Å². The summed E-state index contributed by atoms with van der Waals surface area (Å²) in [5.41, 5.74) is 9.85. The number of aromatic hydroxyl groups is 1. The minimum absolute atomic E-state index is 0. The van der Waals surface area contributed by atoms with Gasteiger partial charge in [0.1, 0.15) is 17.1 Å². The van der Waals surface area contributed by atoms with E-state index >= 15 is 0 Å². The first-order chi connectivity index (χ1) is 31.4. The summed E-state index contributed by atoms with van der Waals surface area (Å²) in [6.45, 7) is 14.2. The normalized spacial score (nSPS) is 15.1. The van der Waals surface area contributed by atoms with Crippen molar-refractivity contribution in [2.45, 2.75) is 136 Å². The lowest BCUT2D eigenvalue weighted by atomic mass is 9.86. The van der Waals surface area contributed by atoms with Crippen molar-refractivity contribution < 1.29 is 52.0 Å². The fraction of sp³-hybridized carbons (Fsp3) is 0.520. The zero-order valence-corrected chi connectivity index (χ0v) is 41.8. The molecule has 2 aliphatic carbocycles. The average Bonchev–Trinajstić information content (AvgIpc) is 4.01. The number of carboxylic acid groups (broad SMARTS) is 1. The molecule has 0 saturated heterocycles. The number of nitrogens with two attached hydrogens (primary N) is 1. The molecule has 0 saturated carbocycles. The standard InChI is InChI=1S/C21H28N2O2S.C19H25NOS.C8H14O4.C2HF3O.ClH/c1-2-11-23(12-10-18-6-4-13-26-18)17-8-9-19-16(14-17)5-3-7-20(19)25-21(24)15-22;1-2-11-20(12-10-17-6-4-13-22-17)16-8-9-18-15(14-16)5-3-7-19(18)21;1-8(2,3)12-7(11)5-4-6(9)10;3-2(4,5)1-6;/h3-7,13,17H,2,8-12,14-15,22H2,1H3;3-7,13,16,21H,2,8-12,14H2,1H3;4-5H2,1-3H3,(H,9,10);1H;1H/t17-;16-;;;/m00.../s1. The molecule has 6 rings (SSSR count). The molecule has 0 aliphatic heterocycles. The van der Waals surface area contributed by atoms with Crippen molar-refractivity contribution in [1.82, 2.24) is 9.80 Å². The molecule has 2 aromatic carbocycles. The number of hydrogen-bond donors (Lipinski definition) is 3. The molecule has 11 nitrogen and oxygen atoms in total. The second kappa shape index (κ2) is 30.2. The molecule has 2 heterocycles. The van der Waals surface area contributed by atoms with Crippen molar-refractivity contribution in [3.05, 3.63) is 103 Å². The van der Waals surface area contributed by atoms with Crippen molar-refractivity contribution in [3.63, 3.8) is 0 Å². The molecule has 372 valence electrons. The second-order valence-electron chi connectivity index (χ2n) is 17.2. The van der Waals surface area contributed by atoms with Crippen LogP contribution in [0.4, 0.5) is 13.2 Å². The first-order valence-corrected chi connectivity index (χ1v) is 24.4. The molecule has 0 bridgehead atoms. The summed E-state index contributed by atoms with van der Waals surface area (Å²) in [6, 6.07) is 21.9. The number of esters is 2. The number of hydrogen-bond acceptors (Lipinski definition) is 12. The summed E-state index contributed by atoms with van der Waals surface area (Å²) < 4.78 is 41.6. The number of thiophene rings is 2. The highest BCUT2D eigenvalue weighted by Gasteiger charge is 2.28. The van der Waals surface area contributed by atoms with Crippen LogP contribution in [0.25, 0.3) is 0 Å². The van der Waals surface area contributed by atoms with Gasteiger partial charge >= 0.3 is 24.1 Å². The number of ether oxygens (including phenoxy) is 2. The van der Waals surface area contributed by atoms with Gasteiger partial charge in [0.25, 0.3) is 0 Å². The molecule has 0 unspecified atom stereocenters. The monoisotopic (exact) mass is 995 g/mol. The topological polar surface area (TPSA) is 160 Å². The zero-order valence-electron chi connectivity index (χ0n) is 39.4. The largest absolute Gasteiger partial charge is 0.508 e. The van der Waals surface area contributed by atoms with Gasteiger partial charge in [-0.1, -0.05) is 50.2 Å². The Bertz CT molecular complexity index is 2060. The van der Waals surface area contributed by atoms with Crippen LogP contribution in [0.1, 0.15) is 105 Å². The van der Waals surface area contributed by atoms with E-state index in [0.29, 0.717) is 23.6 Å². The molecule has 0 fully saturated rings. The van der Waals surface area contributed by atoms with Gasteiger partial charge in [-0.25, -0.2) is 0 Å². The van der Waals surface area contributed by atoms with Crippen LogP contribution in [0.15, 0.2) is 71.4 Å². The number of alkyl halides is 3. The molecule has 17 heteroatoms. The number of carboxylic acids is 1. The highest BCUT2D eigenvalue weighted by molar-refractivity contribution is 7.10. The van der Waals surface area contributed by atoms with E-state index in [1.807, 2.05) is 46.9 Å². The van der Waals surface area contributed by atoms with Crippen LogP contribution < -0.4 is 10.5 Å². The van der Waals surface area contributed by atoms with Crippen molar-refractivity contribution in [1.29, 1.82) is 0 Å². The number of aliphatic carboxylic acids is 1. The summed E-state index contributed by atoms with van der Waals surface area (Å²) in [5, 5.41) is 22.6. The van der Waals surface area contributed by atoms with Crippen LogP contribution in [-0.4, -0.2) is 101 Å². The van der Waals surface area contributed by atoms with Gasteiger partial charge < -0.3 is 25.4 Å². The molecular weight excluding hydrogens is 927 g/mol. The average molecular weight is 997 g/mol. The molecule has 2 atom stereocenters. The van der Waals surface area contributed by atoms with Gasteiger partial charge in [-0.2, -0.15) is 13.2 Å². The molecule has 2 aliphatic rings. The Morgan fingerprint density at radius 1 is 0.761 bits per heavy atom. The first kappa shape index (κ1) is 58.8. The van der Waals surface area contributed by atoms with Crippen molar-refractivity contribution >= 4 is 59.3 Å². The Morgan fingerprint density at radius 2 is 1.25 bits per heavy atom. The molecule has 4 N–H and O–H groups in total. The first-order valence-electron chi connectivity index (χ1n) is 22.7. The number of carbonyl (C=O) groups excluding carboxylic acids is 3. The summed E-state index contributed by atoms with van der Waals surface area (Å²) in [4.78, 5) is 49.4. The maximum Gasteiger partial charge on any atom is 0.446 e. The number of phenolic OH excluding ortho intramolecular Hbond substituents is 1. The maximum absolute atomic E-state index is 11.6. The van der Waals surface area contributed by atoms with E-state index in [2.05, 4.69) is 70.8 Å². The molecule has 0 amide bonds. The lowest BCUT2D eigenvalue weighted by Gasteiger charge is -2.35. The molecule has 2 aromatic heterocycles. The predicted octanol–water partition coefficient (Wildman–Crippen LogP) is 10.1. The number of nitrogens with zero attached hydrogens (tertiary/aromatic N) is 2. The molecule has 0 radical (unpaired) electrons. The highest BCUT2D eigenvalue weighted by Crippen LogP contribution is 2.33. The smallest absolute Gasteiger partial charge is 0.446 e. The number of halogens is 4. The number of fused-ring (bicyclic) bond motifs is 2.